The van der Waals surface area contributed by atoms with Crippen molar-refractivity contribution in [3.8, 4) is 0 Å². The first-order valence-corrected chi connectivity index (χ1v) is 8.65. The van der Waals surface area contributed by atoms with Crippen LogP contribution in [0, 0.1) is 0 Å². The van der Waals surface area contributed by atoms with Crippen molar-refractivity contribution in [1.82, 2.24) is 15.2 Å². The maximum atomic E-state index is 12.5. The summed E-state index contributed by atoms with van der Waals surface area (Å²) in [6, 6.07) is 7.89. The molecule has 3 aromatic rings. The van der Waals surface area contributed by atoms with Crippen LogP contribution in [-0.4, -0.2) is 34.5 Å². The van der Waals surface area contributed by atoms with E-state index < -0.39 is 26.5 Å². The standard InChI is InChI=1S/C15H10ClN3O5S/c16-9-1-3-10(4-2-9)25(22,23)14-6-5-13(24-14)11(20)7-12(21)15-17-8-18-19-15/h1-8,21H,(H,17,18,19). The third-order valence-electron chi connectivity index (χ3n) is 3.12. The fourth-order valence-corrected chi connectivity index (χ4v) is 3.22. The van der Waals surface area contributed by atoms with E-state index >= 15 is 0 Å². The molecule has 0 radical (unpaired) electrons. The number of halogens is 1. The minimum Gasteiger partial charge on any atom is -0.504 e. The fourth-order valence-electron chi connectivity index (χ4n) is 1.92. The first-order chi connectivity index (χ1) is 11.9. The van der Waals surface area contributed by atoms with Gasteiger partial charge in [-0.2, -0.15) is 5.10 Å². The zero-order valence-electron chi connectivity index (χ0n) is 12.4. The highest BCUT2D eigenvalue weighted by Gasteiger charge is 2.23. The van der Waals surface area contributed by atoms with Crippen molar-refractivity contribution in [2.24, 2.45) is 0 Å². The van der Waals surface area contributed by atoms with Gasteiger partial charge in [-0.05, 0) is 36.4 Å². The molecule has 2 heterocycles. The van der Waals surface area contributed by atoms with Gasteiger partial charge in [0.1, 0.15) is 6.33 Å². The number of nitrogens with zero attached hydrogens (tertiary/aromatic N) is 2. The van der Waals surface area contributed by atoms with Gasteiger partial charge in [0, 0.05) is 11.1 Å². The normalized spacial score (nSPS) is 12.3. The van der Waals surface area contributed by atoms with Crippen molar-refractivity contribution >= 4 is 33.0 Å². The van der Waals surface area contributed by atoms with E-state index in [1.807, 2.05) is 0 Å². The lowest BCUT2D eigenvalue weighted by Gasteiger charge is -2.01. The molecule has 0 amide bonds. The number of aliphatic hydroxyl groups excluding tert-OH is 1. The molecule has 128 valence electrons. The Morgan fingerprint density at radius 1 is 1.20 bits per heavy atom. The summed E-state index contributed by atoms with van der Waals surface area (Å²) < 4.78 is 30.0. The molecule has 0 saturated heterocycles. The number of hydrogen-bond donors (Lipinski definition) is 2. The molecular weight excluding hydrogens is 370 g/mol. The van der Waals surface area contributed by atoms with Gasteiger partial charge in [-0.1, -0.05) is 11.6 Å². The molecule has 0 aliphatic heterocycles. The Labute approximate surface area is 146 Å². The van der Waals surface area contributed by atoms with Crippen LogP contribution in [0.5, 0.6) is 0 Å². The van der Waals surface area contributed by atoms with Crippen LogP contribution in [-0.2, 0) is 9.84 Å². The molecule has 25 heavy (non-hydrogen) atoms. The molecule has 0 atom stereocenters. The number of carbonyl (C=O) groups excluding carboxylic acids is 1. The number of aromatic nitrogens is 3. The molecule has 2 aromatic heterocycles. The number of H-pyrrole nitrogens is 1. The number of furan rings is 1. The summed E-state index contributed by atoms with van der Waals surface area (Å²) in [5.74, 6) is -1.55. The smallest absolute Gasteiger partial charge is 0.239 e. The number of hydrogen-bond acceptors (Lipinski definition) is 7. The van der Waals surface area contributed by atoms with E-state index in [1.165, 1.54) is 36.7 Å². The minimum absolute atomic E-state index is 0.0237. The Balaban J connectivity index is 1.88. The number of aromatic amines is 1. The Morgan fingerprint density at radius 3 is 2.56 bits per heavy atom. The van der Waals surface area contributed by atoms with Crippen molar-refractivity contribution in [2.45, 2.75) is 9.99 Å². The molecule has 2 N–H and O–H groups in total. The number of nitrogens with one attached hydrogen (secondary N) is 1. The molecule has 8 nitrogen and oxygen atoms in total. The van der Waals surface area contributed by atoms with Gasteiger partial charge in [0.15, 0.2) is 11.5 Å². The van der Waals surface area contributed by atoms with Crippen LogP contribution >= 0.6 is 11.6 Å². The van der Waals surface area contributed by atoms with Crippen LogP contribution in [0.1, 0.15) is 16.4 Å². The van der Waals surface area contributed by atoms with Gasteiger partial charge in [-0.3, -0.25) is 9.89 Å². The van der Waals surface area contributed by atoms with Crippen LogP contribution in [0.2, 0.25) is 5.02 Å². The second-order valence-electron chi connectivity index (χ2n) is 4.79. The van der Waals surface area contributed by atoms with Gasteiger partial charge in [0.05, 0.1) is 4.90 Å². The zero-order chi connectivity index (χ0) is 18.0. The number of benzene rings is 1. The summed E-state index contributed by atoms with van der Waals surface area (Å²) in [5.41, 5.74) is 0. The van der Waals surface area contributed by atoms with Gasteiger partial charge >= 0.3 is 0 Å². The highest BCUT2D eigenvalue weighted by Crippen LogP contribution is 2.24. The summed E-state index contributed by atoms with van der Waals surface area (Å²) in [7, 11) is -3.93. The van der Waals surface area contributed by atoms with Crippen LogP contribution in [0.25, 0.3) is 5.76 Å². The van der Waals surface area contributed by atoms with E-state index in [-0.39, 0.29) is 16.5 Å². The molecule has 0 aliphatic carbocycles. The molecule has 0 fully saturated rings. The summed E-state index contributed by atoms with van der Waals surface area (Å²) in [6.45, 7) is 0. The van der Waals surface area contributed by atoms with Crippen LogP contribution < -0.4 is 0 Å². The van der Waals surface area contributed by atoms with Gasteiger partial charge in [-0.15, -0.1) is 0 Å². The monoisotopic (exact) mass is 379 g/mol. The van der Waals surface area contributed by atoms with E-state index in [4.69, 9.17) is 16.0 Å². The second kappa shape index (κ2) is 6.54. The van der Waals surface area contributed by atoms with E-state index in [9.17, 15) is 18.3 Å². The van der Waals surface area contributed by atoms with Crippen molar-refractivity contribution in [1.29, 1.82) is 0 Å². The van der Waals surface area contributed by atoms with Crippen molar-refractivity contribution in [3.63, 3.8) is 0 Å². The molecule has 0 unspecified atom stereocenters. The summed E-state index contributed by atoms with van der Waals surface area (Å²) in [4.78, 5) is 15.7. The molecule has 0 spiro atoms. The predicted molar refractivity (Wildman–Crippen MR) is 86.9 cm³/mol. The van der Waals surface area contributed by atoms with Gasteiger partial charge in [-0.25, -0.2) is 13.4 Å². The first kappa shape index (κ1) is 16.9. The maximum absolute atomic E-state index is 12.5. The summed E-state index contributed by atoms with van der Waals surface area (Å²) in [5, 5.41) is 15.7. The van der Waals surface area contributed by atoms with Crippen LogP contribution in [0.3, 0.4) is 0 Å². The average molecular weight is 380 g/mol. The van der Waals surface area contributed by atoms with Gasteiger partial charge in [0.2, 0.25) is 26.5 Å². The quantitative estimate of drug-likeness (QED) is 0.396. The second-order valence-corrected chi connectivity index (χ2v) is 7.11. The molecule has 0 bridgehead atoms. The largest absolute Gasteiger partial charge is 0.504 e. The summed E-state index contributed by atoms with van der Waals surface area (Å²) in [6.07, 6.45) is 2.06. The van der Waals surface area contributed by atoms with Crippen molar-refractivity contribution in [3.05, 3.63) is 65.4 Å². The topological polar surface area (TPSA) is 126 Å². The molecule has 0 saturated carbocycles. The van der Waals surface area contributed by atoms with Gasteiger partial charge in [0.25, 0.3) is 0 Å². The third kappa shape index (κ3) is 3.47. The lowest BCUT2D eigenvalue weighted by molar-refractivity contribution is 0.101. The fraction of sp³-hybridized carbons (Fsp3) is 0. The number of aliphatic hydroxyl groups is 1. The highest BCUT2D eigenvalue weighted by molar-refractivity contribution is 7.91. The van der Waals surface area contributed by atoms with Crippen molar-refractivity contribution in [2.75, 3.05) is 0 Å². The van der Waals surface area contributed by atoms with Crippen molar-refractivity contribution < 1.29 is 22.7 Å². The van der Waals surface area contributed by atoms with Crippen LogP contribution in [0.15, 0.2) is 63.2 Å². The predicted octanol–water partition coefficient (Wildman–Crippen LogP) is 2.67. The Morgan fingerprint density at radius 2 is 1.92 bits per heavy atom. The van der Waals surface area contributed by atoms with E-state index in [0.29, 0.717) is 5.02 Å². The van der Waals surface area contributed by atoms with E-state index in [0.717, 1.165) is 12.1 Å². The number of carbonyl (C=O) groups is 1. The Kier molecular flexibility index (Phi) is 4.43. The average Bonchev–Trinajstić information content (AvgIpc) is 3.27. The number of rotatable bonds is 5. The molecule has 0 aliphatic rings. The maximum Gasteiger partial charge on any atom is 0.239 e. The molecule has 10 heteroatoms. The number of allylic oxidation sites excluding steroid dienone is 1. The number of sulfone groups is 1. The van der Waals surface area contributed by atoms with E-state index in [2.05, 4.69) is 15.2 Å². The Bertz CT molecular complexity index is 1040. The highest BCUT2D eigenvalue weighted by atomic mass is 35.5. The molecule has 3 rings (SSSR count). The lowest BCUT2D eigenvalue weighted by atomic mass is 10.2. The summed E-state index contributed by atoms with van der Waals surface area (Å²) >= 11 is 5.74. The minimum atomic E-state index is -3.93. The van der Waals surface area contributed by atoms with Gasteiger partial charge < -0.3 is 9.52 Å². The van der Waals surface area contributed by atoms with E-state index in [1.54, 1.807) is 0 Å². The van der Waals surface area contributed by atoms with Crippen LogP contribution in [0.4, 0.5) is 0 Å². The lowest BCUT2D eigenvalue weighted by Crippen LogP contribution is -2.00. The zero-order valence-corrected chi connectivity index (χ0v) is 14.0. The molecule has 1 aromatic carbocycles. The molecular formula is C15H10ClN3O5S. The SMILES string of the molecule is O=C(C=C(O)c1nc[nH]n1)c1ccc(S(=O)(=O)c2ccc(Cl)cc2)o1. The Hall–Kier alpha value is -2.91. The third-order valence-corrected chi connectivity index (χ3v) is 5.02. The number of ketones is 1. The first-order valence-electron chi connectivity index (χ1n) is 6.79.